The van der Waals surface area contributed by atoms with Crippen molar-refractivity contribution in [1.29, 1.82) is 5.26 Å². The zero-order valence-corrected chi connectivity index (χ0v) is 34.3. The first-order valence-electron chi connectivity index (χ1n) is 18.6. The molecule has 4 aliphatic rings. The number of nitriles is 1. The maximum Gasteiger partial charge on any atom is 0.198 e. The number of hydrogen-bond acceptors (Lipinski definition) is 9. The van der Waals surface area contributed by atoms with E-state index in [2.05, 4.69) is 85.6 Å². The van der Waals surface area contributed by atoms with E-state index >= 15 is 0 Å². The number of rotatable bonds is 11. The smallest absolute Gasteiger partial charge is 0.198 e. The van der Waals surface area contributed by atoms with Crippen LogP contribution in [0.4, 0.5) is 9.39 Å². The van der Waals surface area contributed by atoms with Crippen LogP contribution >= 0.6 is 20.6 Å². The molecule has 282 valence electrons. The number of halogens is 1. The lowest BCUT2D eigenvalue weighted by atomic mass is 9.80. The number of allylic oxidation sites excluding steroid dienone is 2. The van der Waals surface area contributed by atoms with Crippen molar-refractivity contribution in [3.8, 4) is 6.07 Å². The number of aliphatic hydroxyl groups excluding tert-OH is 1. The number of nitrogens with zero attached hydrogens (tertiary/aromatic N) is 4. The fourth-order valence-electron chi connectivity index (χ4n) is 6.43. The maximum absolute atomic E-state index is 14.9. The number of nitrogens with two attached hydrogens (primary N) is 1. The zero-order chi connectivity index (χ0) is 37.9. The highest BCUT2D eigenvalue weighted by atomic mass is 32.1. The fraction of sp³-hybridized carbons (Fsp3) is 0.600. The van der Waals surface area contributed by atoms with Gasteiger partial charge in [0, 0.05) is 35.8 Å². The Morgan fingerprint density at radius 2 is 1.98 bits per heavy atom. The van der Waals surface area contributed by atoms with Crippen LogP contribution in [0.1, 0.15) is 103 Å². The second-order valence-electron chi connectivity index (χ2n) is 14.4. The summed E-state index contributed by atoms with van der Waals surface area (Å²) in [5.41, 5.74) is 11.0. The first kappa shape index (κ1) is 42.6. The third-order valence-corrected chi connectivity index (χ3v) is 11.8. The summed E-state index contributed by atoms with van der Waals surface area (Å²) in [7, 11) is 5.03. The topological polar surface area (TPSA) is 110 Å². The van der Waals surface area contributed by atoms with Gasteiger partial charge in [-0.2, -0.15) is 5.26 Å². The van der Waals surface area contributed by atoms with Crippen LogP contribution in [-0.2, 0) is 4.74 Å². The molecule has 0 bridgehead atoms. The summed E-state index contributed by atoms with van der Waals surface area (Å²) in [6.07, 6.45) is 10.8. The molecule has 4 atom stereocenters. The summed E-state index contributed by atoms with van der Waals surface area (Å²) in [5.74, 6) is 1.22. The number of aliphatic hydroxyl groups is 1. The summed E-state index contributed by atoms with van der Waals surface area (Å²) >= 11 is 1.06. The van der Waals surface area contributed by atoms with Gasteiger partial charge in [-0.05, 0) is 79.8 Å². The van der Waals surface area contributed by atoms with Gasteiger partial charge in [0.1, 0.15) is 22.9 Å². The number of hydrogen-bond donors (Lipinski definition) is 3. The summed E-state index contributed by atoms with van der Waals surface area (Å²) < 4.78 is 20.7. The molecule has 4 unspecified atom stereocenters. The summed E-state index contributed by atoms with van der Waals surface area (Å²) in [5, 5.41) is 24.2. The van der Waals surface area contributed by atoms with Crippen LogP contribution in [0, 0.1) is 22.7 Å². The van der Waals surface area contributed by atoms with Crippen LogP contribution in [0.15, 0.2) is 51.5 Å². The van der Waals surface area contributed by atoms with Crippen LogP contribution in [0.2, 0.25) is 0 Å². The number of ether oxygens (including phenoxy) is 1. The number of aliphatic imine (C=N–C) groups is 1. The number of anilines is 1. The number of nitrogen functional groups attached to an aromatic ring is 1. The molecule has 1 fully saturated rings. The third-order valence-electron chi connectivity index (χ3n) is 10.2. The predicted octanol–water partition coefficient (Wildman–Crippen LogP) is 8.50. The van der Waals surface area contributed by atoms with Gasteiger partial charge >= 0.3 is 0 Å². The Bertz CT molecular complexity index is 1580. The third kappa shape index (κ3) is 10.2. The Balaban J connectivity index is 0.000000395. The number of fused-ring (bicyclic) bond motifs is 2. The molecular weight excluding hydrogens is 679 g/mol. The van der Waals surface area contributed by atoms with Crippen LogP contribution < -0.4 is 11.1 Å². The van der Waals surface area contributed by atoms with Crippen molar-refractivity contribution in [3.63, 3.8) is 0 Å². The molecule has 0 amide bonds. The van der Waals surface area contributed by atoms with E-state index < -0.39 is 5.83 Å². The van der Waals surface area contributed by atoms with Gasteiger partial charge in [0.25, 0.3) is 0 Å². The number of likely N-dealkylation sites (tertiary alicyclic amines) is 1. The molecule has 0 spiro atoms. The minimum absolute atomic E-state index is 0.129. The molecule has 1 saturated heterocycles. The molecule has 0 aromatic carbocycles. The van der Waals surface area contributed by atoms with E-state index in [0.717, 1.165) is 63.8 Å². The minimum Gasteiger partial charge on any atom is -0.396 e. The van der Waals surface area contributed by atoms with E-state index in [1.807, 2.05) is 6.20 Å². The Morgan fingerprint density at radius 3 is 2.55 bits per heavy atom. The van der Waals surface area contributed by atoms with E-state index in [4.69, 9.17) is 15.5 Å². The van der Waals surface area contributed by atoms with Crippen molar-refractivity contribution in [1.82, 2.24) is 15.1 Å². The van der Waals surface area contributed by atoms with Gasteiger partial charge < -0.3 is 30.7 Å². The highest BCUT2D eigenvalue weighted by molar-refractivity contribution is 7.23. The largest absolute Gasteiger partial charge is 0.396 e. The maximum atomic E-state index is 14.9. The Morgan fingerprint density at radius 1 is 1.29 bits per heavy atom. The highest BCUT2D eigenvalue weighted by Crippen LogP contribution is 2.50. The van der Waals surface area contributed by atoms with Gasteiger partial charge in [-0.1, -0.05) is 73.5 Å². The van der Waals surface area contributed by atoms with Gasteiger partial charge in [-0.15, -0.1) is 20.6 Å². The molecule has 3 aliphatic heterocycles. The van der Waals surface area contributed by atoms with Gasteiger partial charge in [0.2, 0.25) is 0 Å². The van der Waals surface area contributed by atoms with Gasteiger partial charge in [0.15, 0.2) is 5.96 Å². The molecule has 5 rings (SSSR count). The quantitative estimate of drug-likeness (QED) is 0.195. The van der Waals surface area contributed by atoms with Gasteiger partial charge in [0.05, 0.1) is 30.3 Å². The second-order valence-corrected chi connectivity index (χ2v) is 16.1. The molecule has 1 aliphatic carbocycles. The van der Waals surface area contributed by atoms with Gasteiger partial charge in [-0.25, -0.2) is 9.38 Å². The van der Waals surface area contributed by atoms with Crippen molar-refractivity contribution < 1.29 is 14.2 Å². The molecule has 4 N–H and O–H groups in total. The van der Waals surface area contributed by atoms with E-state index in [-0.39, 0.29) is 28.6 Å². The summed E-state index contributed by atoms with van der Waals surface area (Å²) in [6.45, 7) is 24.2. The SMILES string of the molecule is C=C(C1=C(P)C2N=C(N3CCC(C)(CO)C3)NC=C2C2=C1COC2)c1c(/C(F)=C\C)sc(N)c1C#N.CCCC.CCCN(C)CCC(C)CC. The van der Waals surface area contributed by atoms with Crippen molar-refractivity contribution in [2.24, 2.45) is 16.3 Å². The average Bonchev–Trinajstić information content (AvgIpc) is 3.87. The van der Waals surface area contributed by atoms with Crippen molar-refractivity contribution in [3.05, 3.63) is 62.5 Å². The van der Waals surface area contributed by atoms with Crippen LogP contribution in [0.25, 0.3) is 11.4 Å². The summed E-state index contributed by atoms with van der Waals surface area (Å²) in [4.78, 5) is 9.97. The molecule has 11 heteroatoms. The zero-order valence-electron chi connectivity index (χ0n) is 32.3. The Kier molecular flexibility index (Phi) is 16.6. The van der Waals surface area contributed by atoms with Crippen molar-refractivity contribution in [2.45, 2.75) is 93.0 Å². The standard InChI is InChI=1S/C26H29FN5O2PS.C10H23N.C4H10/c1-4-18(27)23-20(14(7-28)24(29)36-23)13(2)19-17-10-34-9-16(17)15-8-30-25(31-21(15)22(19)35)32-6-5-26(3,11-32)12-33;1-5-8-11(4)9-7-10(3)6-2;1-3-4-2/h4,8,21,33H,2,5-6,9-12,29,35H2,1,3H3,(H,30,31);10H,5-9H2,1-4H3;3-4H2,1-2H3/b18-4+;;. The molecule has 0 saturated carbocycles. The second kappa shape index (κ2) is 19.9. The average molecular weight is 741 g/mol. The van der Waals surface area contributed by atoms with E-state index in [1.165, 1.54) is 51.3 Å². The lowest BCUT2D eigenvalue weighted by molar-refractivity contribution is 0.153. The monoisotopic (exact) mass is 740 g/mol. The minimum atomic E-state index is -0.438. The molecule has 51 heavy (non-hydrogen) atoms. The fourth-order valence-corrected chi connectivity index (χ4v) is 8.05. The van der Waals surface area contributed by atoms with E-state index in [9.17, 15) is 14.8 Å². The Labute approximate surface area is 313 Å². The molecule has 4 heterocycles. The summed E-state index contributed by atoms with van der Waals surface area (Å²) in [6, 6.07) is 1.85. The number of thiophene rings is 1. The van der Waals surface area contributed by atoms with E-state index in [0.29, 0.717) is 35.8 Å². The van der Waals surface area contributed by atoms with Gasteiger partial charge in [-0.3, -0.25) is 0 Å². The highest BCUT2D eigenvalue weighted by Gasteiger charge is 2.40. The van der Waals surface area contributed by atoms with Crippen LogP contribution in [0.5, 0.6) is 0 Å². The first-order valence-corrected chi connectivity index (χ1v) is 20.0. The van der Waals surface area contributed by atoms with Crippen LogP contribution in [0.3, 0.4) is 0 Å². The molecular formula is C40H62FN6O2PS. The number of unbranched alkanes of at least 4 members (excludes halogenated alkanes) is 1. The first-order chi connectivity index (χ1) is 24.3. The number of nitrogens with one attached hydrogen (secondary N) is 1. The number of guanidine groups is 1. The van der Waals surface area contributed by atoms with Crippen LogP contribution in [-0.4, -0.2) is 80.0 Å². The molecule has 8 nitrogen and oxygen atoms in total. The normalized spacial score (nSPS) is 21.8. The lowest BCUT2D eigenvalue weighted by Crippen LogP contribution is -2.43. The molecule has 1 aromatic rings. The van der Waals surface area contributed by atoms with E-state index in [1.54, 1.807) is 6.92 Å². The molecule has 0 radical (unpaired) electrons. The predicted molar refractivity (Wildman–Crippen MR) is 218 cm³/mol. The lowest BCUT2D eigenvalue weighted by Gasteiger charge is -2.34. The van der Waals surface area contributed by atoms with Crippen molar-refractivity contribution in [2.75, 3.05) is 58.8 Å². The molecule has 1 aromatic heterocycles. The van der Waals surface area contributed by atoms with Crippen molar-refractivity contribution >= 4 is 42.9 Å². The Hall–Kier alpha value is -2.80.